The fourth-order valence-corrected chi connectivity index (χ4v) is 4.29. The summed E-state index contributed by atoms with van der Waals surface area (Å²) in [5, 5.41) is 7.05. The fourth-order valence-electron chi connectivity index (χ4n) is 4.29. The lowest BCUT2D eigenvalue weighted by atomic mass is 10.1. The molecular formula is C22H37N5O. The molecule has 1 aromatic carbocycles. The van der Waals surface area contributed by atoms with Crippen molar-refractivity contribution in [3.63, 3.8) is 0 Å². The van der Waals surface area contributed by atoms with Crippen LogP contribution in [0, 0.1) is 0 Å². The maximum Gasteiger partial charge on any atom is 0.191 e. The van der Waals surface area contributed by atoms with Crippen LogP contribution in [0.1, 0.15) is 43.7 Å². The quantitative estimate of drug-likeness (QED) is 0.530. The van der Waals surface area contributed by atoms with Crippen LogP contribution in [0.3, 0.4) is 0 Å². The zero-order valence-electron chi connectivity index (χ0n) is 17.6. The molecule has 2 aliphatic heterocycles. The molecule has 1 atom stereocenters. The normalized spacial score (nSPS) is 20.1. The zero-order chi connectivity index (χ0) is 19.6. The van der Waals surface area contributed by atoms with Crippen LogP contribution in [0.25, 0.3) is 0 Å². The third-order valence-electron chi connectivity index (χ3n) is 5.92. The second kappa shape index (κ2) is 11.3. The van der Waals surface area contributed by atoms with Gasteiger partial charge in [0.05, 0.1) is 13.2 Å². The fraction of sp³-hybridized carbons (Fsp3) is 0.682. The molecule has 2 fully saturated rings. The number of hydrogen-bond donors (Lipinski definition) is 2. The molecule has 1 aromatic rings. The number of likely N-dealkylation sites (tertiary alicyclic amines) is 2. The van der Waals surface area contributed by atoms with E-state index in [0.29, 0.717) is 6.04 Å². The Labute approximate surface area is 170 Å². The van der Waals surface area contributed by atoms with Crippen molar-refractivity contribution >= 4 is 5.96 Å². The average Bonchev–Trinajstić information content (AvgIpc) is 3.28. The van der Waals surface area contributed by atoms with E-state index in [-0.39, 0.29) is 0 Å². The molecule has 3 rings (SSSR count). The van der Waals surface area contributed by atoms with Gasteiger partial charge in [-0.15, -0.1) is 0 Å². The Balaban J connectivity index is 1.53. The van der Waals surface area contributed by atoms with E-state index < -0.39 is 0 Å². The molecule has 28 heavy (non-hydrogen) atoms. The molecule has 2 N–H and O–H groups in total. The topological polar surface area (TPSA) is 52.1 Å². The first-order chi connectivity index (χ1) is 13.8. The lowest BCUT2D eigenvalue weighted by Crippen LogP contribution is -2.45. The minimum Gasteiger partial charge on any atom is -0.497 e. The van der Waals surface area contributed by atoms with Crippen molar-refractivity contribution in [1.82, 2.24) is 20.4 Å². The Kier molecular flexibility index (Phi) is 8.42. The molecule has 0 aromatic heterocycles. The Morgan fingerprint density at radius 1 is 1.07 bits per heavy atom. The summed E-state index contributed by atoms with van der Waals surface area (Å²) in [6, 6.07) is 8.80. The SMILES string of the molecule is CN=C(NCCN1CCCCC1)NCC(c1cccc(OC)c1)N1CCCC1. The molecule has 0 radical (unpaired) electrons. The minimum absolute atomic E-state index is 0.332. The van der Waals surface area contributed by atoms with Gasteiger partial charge in [-0.2, -0.15) is 0 Å². The van der Waals surface area contributed by atoms with E-state index >= 15 is 0 Å². The maximum absolute atomic E-state index is 5.45. The van der Waals surface area contributed by atoms with Crippen LogP contribution >= 0.6 is 0 Å². The van der Waals surface area contributed by atoms with E-state index in [0.717, 1.165) is 44.4 Å². The number of aliphatic imine (C=N–C) groups is 1. The predicted molar refractivity (Wildman–Crippen MR) is 116 cm³/mol. The van der Waals surface area contributed by atoms with E-state index in [9.17, 15) is 0 Å². The average molecular weight is 388 g/mol. The molecule has 0 amide bonds. The van der Waals surface area contributed by atoms with E-state index in [2.05, 4.69) is 43.6 Å². The smallest absolute Gasteiger partial charge is 0.191 e. The summed E-state index contributed by atoms with van der Waals surface area (Å²) in [5.41, 5.74) is 1.30. The molecule has 156 valence electrons. The molecule has 0 aliphatic carbocycles. The standard InChI is InChI=1S/C22H37N5O/c1-23-22(24-11-16-26-12-4-3-5-13-26)25-18-21(27-14-6-7-15-27)19-9-8-10-20(17-19)28-2/h8-10,17,21H,3-7,11-16,18H2,1-2H3,(H2,23,24,25). The second-order valence-electron chi connectivity index (χ2n) is 7.82. The van der Waals surface area contributed by atoms with E-state index in [1.165, 1.54) is 50.8 Å². The first-order valence-corrected chi connectivity index (χ1v) is 10.8. The summed E-state index contributed by atoms with van der Waals surface area (Å²) in [6.45, 7) is 7.66. The molecule has 0 spiro atoms. The number of benzene rings is 1. The molecule has 6 nitrogen and oxygen atoms in total. The third-order valence-corrected chi connectivity index (χ3v) is 5.92. The van der Waals surface area contributed by atoms with Crippen molar-refractivity contribution in [3.8, 4) is 5.75 Å². The lowest BCUT2D eigenvalue weighted by molar-refractivity contribution is 0.231. The summed E-state index contributed by atoms with van der Waals surface area (Å²) >= 11 is 0. The number of ether oxygens (including phenoxy) is 1. The van der Waals surface area contributed by atoms with Gasteiger partial charge in [0.1, 0.15) is 5.75 Å². The van der Waals surface area contributed by atoms with Gasteiger partial charge in [-0.25, -0.2) is 0 Å². The number of methoxy groups -OCH3 is 1. The van der Waals surface area contributed by atoms with Crippen molar-refractivity contribution in [3.05, 3.63) is 29.8 Å². The van der Waals surface area contributed by atoms with Gasteiger partial charge in [0.25, 0.3) is 0 Å². The molecule has 2 aliphatic rings. The highest BCUT2D eigenvalue weighted by atomic mass is 16.5. The van der Waals surface area contributed by atoms with Crippen LogP contribution in [-0.4, -0.2) is 75.7 Å². The highest BCUT2D eigenvalue weighted by Gasteiger charge is 2.24. The summed E-state index contributed by atoms with van der Waals surface area (Å²) in [6.07, 6.45) is 6.62. The summed E-state index contributed by atoms with van der Waals surface area (Å²) < 4.78 is 5.45. The van der Waals surface area contributed by atoms with Crippen LogP contribution in [0.2, 0.25) is 0 Å². The number of hydrogen-bond acceptors (Lipinski definition) is 4. The van der Waals surface area contributed by atoms with E-state index in [4.69, 9.17) is 4.74 Å². The van der Waals surface area contributed by atoms with Crippen molar-refractivity contribution in [1.29, 1.82) is 0 Å². The molecule has 0 saturated carbocycles. The lowest BCUT2D eigenvalue weighted by Gasteiger charge is -2.29. The first kappa shape index (κ1) is 20.9. The van der Waals surface area contributed by atoms with Gasteiger partial charge in [0, 0.05) is 26.7 Å². The minimum atomic E-state index is 0.332. The summed E-state index contributed by atoms with van der Waals surface area (Å²) in [4.78, 5) is 9.55. The van der Waals surface area contributed by atoms with Crippen molar-refractivity contribution in [2.24, 2.45) is 4.99 Å². The highest BCUT2D eigenvalue weighted by Crippen LogP contribution is 2.27. The predicted octanol–water partition coefficient (Wildman–Crippen LogP) is 2.48. The van der Waals surface area contributed by atoms with Crippen LogP contribution in [0.15, 0.2) is 29.3 Å². The molecule has 1 unspecified atom stereocenters. The highest BCUT2D eigenvalue weighted by molar-refractivity contribution is 5.79. The molecule has 0 bridgehead atoms. The second-order valence-corrected chi connectivity index (χ2v) is 7.82. The zero-order valence-corrected chi connectivity index (χ0v) is 17.6. The van der Waals surface area contributed by atoms with Crippen molar-refractivity contribution in [2.45, 2.75) is 38.1 Å². The van der Waals surface area contributed by atoms with Crippen molar-refractivity contribution < 1.29 is 4.74 Å². The van der Waals surface area contributed by atoms with Crippen LogP contribution in [0.5, 0.6) is 5.75 Å². The number of rotatable bonds is 8. The number of nitrogens with zero attached hydrogens (tertiary/aromatic N) is 3. The van der Waals surface area contributed by atoms with E-state index in [1.54, 1.807) is 7.11 Å². The molecular weight excluding hydrogens is 350 g/mol. The third kappa shape index (κ3) is 6.11. The number of guanidine groups is 1. The van der Waals surface area contributed by atoms with Gasteiger partial charge in [0.2, 0.25) is 0 Å². The van der Waals surface area contributed by atoms with E-state index in [1.807, 2.05) is 13.1 Å². The monoisotopic (exact) mass is 387 g/mol. The largest absolute Gasteiger partial charge is 0.497 e. The van der Waals surface area contributed by atoms with Gasteiger partial charge >= 0.3 is 0 Å². The van der Waals surface area contributed by atoms with Gasteiger partial charge in [-0.05, 0) is 69.6 Å². The molecule has 2 saturated heterocycles. The Hall–Kier alpha value is -1.79. The Bertz CT molecular complexity index is 609. The molecule has 2 heterocycles. The summed E-state index contributed by atoms with van der Waals surface area (Å²) in [5.74, 6) is 1.81. The van der Waals surface area contributed by atoms with Gasteiger partial charge in [-0.3, -0.25) is 9.89 Å². The Morgan fingerprint density at radius 2 is 1.82 bits per heavy atom. The first-order valence-electron chi connectivity index (χ1n) is 10.8. The number of piperidine rings is 1. The van der Waals surface area contributed by atoms with Gasteiger partial charge in [0.15, 0.2) is 5.96 Å². The Morgan fingerprint density at radius 3 is 2.54 bits per heavy atom. The van der Waals surface area contributed by atoms with Crippen LogP contribution in [0.4, 0.5) is 0 Å². The van der Waals surface area contributed by atoms with Gasteiger partial charge < -0.3 is 20.3 Å². The molecule has 6 heteroatoms. The number of nitrogens with one attached hydrogen (secondary N) is 2. The van der Waals surface area contributed by atoms with Crippen LogP contribution < -0.4 is 15.4 Å². The van der Waals surface area contributed by atoms with Crippen LogP contribution in [-0.2, 0) is 0 Å². The summed E-state index contributed by atoms with van der Waals surface area (Å²) in [7, 11) is 3.59. The maximum atomic E-state index is 5.45. The van der Waals surface area contributed by atoms with Crippen molar-refractivity contribution in [2.75, 3.05) is 60.0 Å². The van der Waals surface area contributed by atoms with Gasteiger partial charge in [-0.1, -0.05) is 18.6 Å².